The molecule has 8 nitrogen and oxygen atoms in total. The van der Waals surface area contributed by atoms with Crippen molar-refractivity contribution < 1.29 is 4.74 Å². The molecule has 2 aromatic heterocycles. The molecule has 3 heterocycles. The van der Waals surface area contributed by atoms with Crippen molar-refractivity contribution in [2.45, 2.75) is 19.9 Å². The lowest BCUT2D eigenvalue weighted by molar-refractivity contribution is 0.411. The number of methoxy groups -OCH3 is 1. The Labute approximate surface area is 158 Å². The summed E-state index contributed by atoms with van der Waals surface area (Å²) in [6.45, 7) is 3.75. The van der Waals surface area contributed by atoms with Crippen molar-refractivity contribution in [3.05, 3.63) is 47.4 Å². The molecule has 0 spiro atoms. The Kier molecular flexibility index (Phi) is 4.64. The quantitative estimate of drug-likeness (QED) is 0.640. The lowest BCUT2D eigenvalue weighted by Gasteiger charge is -2.12. The summed E-state index contributed by atoms with van der Waals surface area (Å²) < 4.78 is 7.43. The Balaban J connectivity index is 1.69. The molecule has 1 aliphatic heterocycles. The van der Waals surface area contributed by atoms with Crippen LogP contribution in [0, 0.1) is 6.92 Å². The number of fused-ring (bicyclic) bond motifs is 1. The predicted octanol–water partition coefficient (Wildman–Crippen LogP) is 2.41. The molecule has 0 bridgehead atoms. The molecule has 0 saturated carbocycles. The Morgan fingerprint density at radius 2 is 2.11 bits per heavy atom. The molecule has 140 valence electrons. The molecule has 0 atom stereocenters. The van der Waals surface area contributed by atoms with Crippen molar-refractivity contribution in [2.75, 3.05) is 31.3 Å². The van der Waals surface area contributed by atoms with Crippen LogP contribution >= 0.6 is 0 Å². The first kappa shape index (κ1) is 17.3. The van der Waals surface area contributed by atoms with Crippen LogP contribution in [-0.4, -0.2) is 40.5 Å². The molecule has 0 unspecified atom stereocenters. The fraction of sp³-hybridized carbons (Fsp3) is 0.316. The van der Waals surface area contributed by atoms with Crippen molar-refractivity contribution in [1.29, 1.82) is 0 Å². The first-order valence-electron chi connectivity index (χ1n) is 8.93. The molecule has 0 saturated heterocycles. The van der Waals surface area contributed by atoms with E-state index in [9.17, 15) is 0 Å². The summed E-state index contributed by atoms with van der Waals surface area (Å²) in [6.07, 6.45) is 3.00. The minimum atomic E-state index is 0.541. The summed E-state index contributed by atoms with van der Waals surface area (Å²) in [6, 6.07) is 7.76. The van der Waals surface area contributed by atoms with Gasteiger partial charge in [0.2, 0.25) is 5.95 Å². The second kappa shape index (κ2) is 7.24. The molecule has 27 heavy (non-hydrogen) atoms. The zero-order chi connectivity index (χ0) is 18.8. The summed E-state index contributed by atoms with van der Waals surface area (Å²) in [4.78, 5) is 8.90. The lowest BCUT2D eigenvalue weighted by Crippen LogP contribution is -2.22. The van der Waals surface area contributed by atoms with Crippen LogP contribution in [0.25, 0.3) is 5.69 Å². The number of hydrogen-bond acceptors (Lipinski definition) is 7. The molecule has 0 aliphatic carbocycles. The van der Waals surface area contributed by atoms with Gasteiger partial charge in [-0.3, -0.25) is 0 Å². The molecule has 8 heteroatoms. The smallest absolute Gasteiger partial charge is 0.229 e. The van der Waals surface area contributed by atoms with Crippen LogP contribution in [0.2, 0.25) is 0 Å². The van der Waals surface area contributed by atoms with Crippen LogP contribution in [-0.2, 0) is 13.0 Å². The summed E-state index contributed by atoms with van der Waals surface area (Å²) >= 11 is 0. The largest absolute Gasteiger partial charge is 0.494 e. The van der Waals surface area contributed by atoms with Gasteiger partial charge >= 0.3 is 0 Å². The zero-order valence-corrected chi connectivity index (χ0v) is 15.7. The van der Waals surface area contributed by atoms with Crippen LogP contribution in [0.15, 0.2) is 30.5 Å². The van der Waals surface area contributed by atoms with Crippen molar-refractivity contribution >= 4 is 17.5 Å². The Bertz CT molecular complexity index is 943. The molecule has 0 amide bonds. The van der Waals surface area contributed by atoms with E-state index in [1.165, 1.54) is 5.56 Å². The van der Waals surface area contributed by atoms with E-state index in [1.54, 1.807) is 7.11 Å². The summed E-state index contributed by atoms with van der Waals surface area (Å²) in [5.74, 6) is 2.07. The summed E-state index contributed by atoms with van der Waals surface area (Å²) in [5.41, 5.74) is 4.98. The summed E-state index contributed by atoms with van der Waals surface area (Å²) in [7, 11) is 3.51. The average molecular weight is 365 g/mol. The number of benzene rings is 1. The third kappa shape index (κ3) is 3.56. The highest BCUT2D eigenvalue weighted by Crippen LogP contribution is 2.28. The maximum absolute atomic E-state index is 5.55. The molecule has 4 rings (SSSR count). The number of aromatic nitrogens is 4. The molecule has 3 aromatic rings. The standard InChI is InChI=1S/C19H23N7O/c1-12-8-18(20-2)24-19(22-12)23-14-4-5-17(27-3)16(9-14)26-11-13-10-21-7-6-15(13)25-26/h4-5,8-9,11,21H,6-7,10H2,1-3H3,(H2,20,22,23,24). The zero-order valence-electron chi connectivity index (χ0n) is 15.7. The van der Waals surface area contributed by atoms with E-state index in [1.807, 2.05) is 42.9 Å². The Morgan fingerprint density at radius 1 is 1.22 bits per heavy atom. The molecular formula is C19H23N7O. The highest BCUT2D eigenvalue weighted by molar-refractivity contribution is 5.63. The summed E-state index contributed by atoms with van der Waals surface area (Å²) in [5, 5.41) is 14.4. The Hall–Kier alpha value is -3.13. The van der Waals surface area contributed by atoms with Gasteiger partial charge in [-0.1, -0.05) is 0 Å². The predicted molar refractivity (Wildman–Crippen MR) is 105 cm³/mol. The number of anilines is 3. The topological polar surface area (TPSA) is 88.9 Å². The number of hydrogen-bond donors (Lipinski definition) is 3. The average Bonchev–Trinajstić information content (AvgIpc) is 3.11. The molecule has 1 aromatic carbocycles. The van der Waals surface area contributed by atoms with Gasteiger partial charge < -0.3 is 20.7 Å². The molecule has 1 aliphatic rings. The van der Waals surface area contributed by atoms with E-state index in [2.05, 4.69) is 32.1 Å². The van der Waals surface area contributed by atoms with Crippen molar-refractivity contribution in [3.63, 3.8) is 0 Å². The second-order valence-corrected chi connectivity index (χ2v) is 6.45. The van der Waals surface area contributed by atoms with E-state index < -0.39 is 0 Å². The number of nitrogens with one attached hydrogen (secondary N) is 3. The van der Waals surface area contributed by atoms with Crippen molar-refractivity contribution in [2.24, 2.45) is 0 Å². The van der Waals surface area contributed by atoms with Gasteiger partial charge in [-0.05, 0) is 25.1 Å². The van der Waals surface area contributed by atoms with Gasteiger partial charge in [0, 0.05) is 55.8 Å². The number of rotatable bonds is 5. The Morgan fingerprint density at radius 3 is 2.89 bits per heavy atom. The fourth-order valence-electron chi connectivity index (χ4n) is 3.19. The number of ether oxygens (including phenoxy) is 1. The van der Waals surface area contributed by atoms with Gasteiger partial charge in [0.15, 0.2) is 0 Å². The van der Waals surface area contributed by atoms with Crippen molar-refractivity contribution in [1.82, 2.24) is 25.1 Å². The fourth-order valence-corrected chi connectivity index (χ4v) is 3.19. The normalized spacial score (nSPS) is 13.1. The van der Waals surface area contributed by atoms with Crippen LogP contribution in [0.1, 0.15) is 17.0 Å². The van der Waals surface area contributed by atoms with Gasteiger partial charge in [0.1, 0.15) is 17.3 Å². The van der Waals surface area contributed by atoms with Gasteiger partial charge in [0.05, 0.1) is 12.8 Å². The van der Waals surface area contributed by atoms with Crippen molar-refractivity contribution in [3.8, 4) is 11.4 Å². The highest BCUT2D eigenvalue weighted by atomic mass is 16.5. The van der Waals surface area contributed by atoms with E-state index in [-0.39, 0.29) is 0 Å². The molecule has 0 fully saturated rings. The van der Waals surface area contributed by atoms with Gasteiger partial charge in [-0.25, -0.2) is 9.67 Å². The van der Waals surface area contributed by atoms with Crippen LogP contribution in [0.5, 0.6) is 5.75 Å². The monoisotopic (exact) mass is 365 g/mol. The minimum absolute atomic E-state index is 0.541. The second-order valence-electron chi connectivity index (χ2n) is 6.45. The van der Waals surface area contributed by atoms with E-state index in [4.69, 9.17) is 9.84 Å². The maximum Gasteiger partial charge on any atom is 0.229 e. The molecule has 3 N–H and O–H groups in total. The maximum atomic E-state index is 5.55. The van der Waals surface area contributed by atoms with E-state index in [0.29, 0.717) is 5.95 Å². The SMILES string of the molecule is CNc1cc(C)nc(Nc2ccc(OC)c(-n3cc4c(n3)CCNC4)c2)n1. The van der Waals surface area contributed by atoms with E-state index >= 15 is 0 Å². The first-order chi connectivity index (χ1) is 13.2. The highest BCUT2D eigenvalue weighted by Gasteiger charge is 2.16. The number of nitrogens with zero attached hydrogens (tertiary/aromatic N) is 4. The van der Waals surface area contributed by atoms with Gasteiger partial charge in [-0.2, -0.15) is 10.1 Å². The van der Waals surface area contributed by atoms with Gasteiger partial charge in [-0.15, -0.1) is 0 Å². The third-order valence-electron chi connectivity index (χ3n) is 4.52. The van der Waals surface area contributed by atoms with E-state index in [0.717, 1.165) is 53.8 Å². The lowest BCUT2D eigenvalue weighted by atomic mass is 10.1. The van der Waals surface area contributed by atoms with Crippen LogP contribution in [0.4, 0.5) is 17.5 Å². The minimum Gasteiger partial charge on any atom is -0.494 e. The number of aryl methyl sites for hydroxylation is 1. The molecule has 0 radical (unpaired) electrons. The third-order valence-corrected chi connectivity index (χ3v) is 4.52. The van der Waals surface area contributed by atoms with Gasteiger partial charge in [0.25, 0.3) is 0 Å². The van der Waals surface area contributed by atoms with Crippen LogP contribution < -0.4 is 20.7 Å². The van der Waals surface area contributed by atoms with Crippen LogP contribution in [0.3, 0.4) is 0 Å². The first-order valence-corrected chi connectivity index (χ1v) is 8.93. The molecular weight excluding hydrogens is 342 g/mol.